The third-order valence-electron chi connectivity index (χ3n) is 5.57. The van der Waals surface area contributed by atoms with E-state index >= 15 is 0 Å². The molecule has 2 aromatic carbocycles. The van der Waals surface area contributed by atoms with Crippen molar-refractivity contribution in [2.75, 3.05) is 11.9 Å². The average Bonchev–Trinajstić information content (AvgIpc) is 2.80. The van der Waals surface area contributed by atoms with Gasteiger partial charge in [0.25, 0.3) is 0 Å². The van der Waals surface area contributed by atoms with Crippen LogP contribution >= 0.6 is 23.2 Å². The number of pyridine rings is 1. The second-order valence-electron chi connectivity index (χ2n) is 7.60. The first-order chi connectivity index (χ1) is 15.5. The maximum absolute atomic E-state index is 12.2. The van der Waals surface area contributed by atoms with Crippen molar-refractivity contribution in [3.05, 3.63) is 86.8 Å². The molecule has 1 aliphatic carbocycles. The number of fused-ring (bicyclic) bond motifs is 3. The van der Waals surface area contributed by atoms with Gasteiger partial charge in [0.15, 0.2) is 0 Å². The number of carbonyl (C=O) groups excluding carboxylic acids is 1. The van der Waals surface area contributed by atoms with Gasteiger partial charge in [-0.1, -0.05) is 66.9 Å². The molecule has 0 saturated carbocycles. The Bertz CT molecular complexity index is 1220. The lowest BCUT2D eigenvalue weighted by atomic mass is 9.76. The van der Waals surface area contributed by atoms with Crippen molar-refractivity contribution in [1.82, 2.24) is 4.98 Å². The molecule has 1 aromatic heterocycles. The molecule has 0 aliphatic heterocycles. The summed E-state index contributed by atoms with van der Waals surface area (Å²) in [6.45, 7) is 10.2. The van der Waals surface area contributed by atoms with Crippen molar-refractivity contribution < 1.29 is 9.53 Å². The number of benzene rings is 2. The largest absolute Gasteiger partial charge is 0.449 e. The van der Waals surface area contributed by atoms with Crippen molar-refractivity contribution in [1.29, 1.82) is 0 Å². The van der Waals surface area contributed by atoms with Gasteiger partial charge in [0.1, 0.15) is 5.82 Å². The third kappa shape index (κ3) is 4.29. The van der Waals surface area contributed by atoms with Gasteiger partial charge in [0.05, 0.1) is 23.2 Å². The summed E-state index contributed by atoms with van der Waals surface area (Å²) < 4.78 is 5.18. The Kier molecular flexibility index (Phi) is 6.64. The quantitative estimate of drug-likeness (QED) is 0.311. The number of hydrogen-bond donors (Lipinski definition) is 1. The lowest BCUT2D eigenvalue weighted by Gasteiger charge is -2.29. The third-order valence-corrected chi connectivity index (χ3v) is 6.31. The predicted molar refractivity (Wildman–Crippen MR) is 128 cm³/mol. The Labute approximate surface area is 197 Å². The van der Waals surface area contributed by atoms with Crippen LogP contribution in [-0.2, 0) is 11.2 Å². The molecule has 0 bridgehead atoms. The van der Waals surface area contributed by atoms with Gasteiger partial charge in [-0.25, -0.2) is 9.64 Å². The fourth-order valence-electron chi connectivity index (χ4n) is 4.02. The first-order valence-electron chi connectivity index (χ1n) is 10.4. The number of halogens is 2. The normalized spacial score (nSPS) is 14.1. The highest BCUT2D eigenvalue weighted by molar-refractivity contribution is 6.42. The number of carbonyl (C=O) groups is 1. The van der Waals surface area contributed by atoms with Crippen LogP contribution in [-0.4, -0.2) is 17.7 Å². The van der Waals surface area contributed by atoms with E-state index < -0.39 is 6.09 Å². The van der Waals surface area contributed by atoms with Crippen molar-refractivity contribution >= 4 is 40.8 Å². The molecule has 0 spiro atoms. The second-order valence-corrected chi connectivity index (χ2v) is 8.41. The summed E-state index contributed by atoms with van der Waals surface area (Å²) in [5, 5.41) is 3.66. The number of ether oxygens (including phenoxy) is 1. The van der Waals surface area contributed by atoms with Crippen LogP contribution in [0.1, 0.15) is 42.4 Å². The lowest BCUT2D eigenvalue weighted by Crippen LogP contribution is -2.17. The van der Waals surface area contributed by atoms with Gasteiger partial charge in [-0.2, -0.15) is 0 Å². The molecule has 7 heteroatoms. The summed E-state index contributed by atoms with van der Waals surface area (Å²) in [4.78, 5) is 20.3. The minimum atomic E-state index is -0.603. The smallest absolute Gasteiger partial charge is 0.411 e. The maximum Gasteiger partial charge on any atom is 0.411 e. The zero-order chi connectivity index (χ0) is 22.7. The summed E-state index contributed by atoms with van der Waals surface area (Å²) in [5.74, 6) is 0.259. The van der Waals surface area contributed by atoms with Crippen LogP contribution < -0.4 is 5.32 Å². The minimum absolute atomic E-state index is 0.0478. The molecule has 1 amide bonds. The highest BCUT2D eigenvalue weighted by Crippen LogP contribution is 2.48. The summed E-state index contributed by atoms with van der Waals surface area (Å²) in [5.41, 5.74) is 5.13. The van der Waals surface area contributed by atoms with Gasteiger partial charge in [0.2, 0.25) is 5.69 Å². The van der Waals surface area contributed by atoms with E-state index in [0.29, 0.717) is 28.8 Å². The standard InChI is InChI=1S/C25H21Cl2N3O2/c1-3-4-11-32-25(31)30-24-23(28-2)22-16(14-29-24)12-19(17-7-5-6-8-18(17)22)15-9-10-20(26)21(27)13-15/h5-10,13-14,19H,3-4,11-12H2,1H3,(H,29,30,31). The summed E-state index contributed by atoms with van der Waals surface area (Å²) in [6.07, 6.45) is 3.49. The highest BCUT2D eigenvalue weighted by atomic mass is 35.5. The molecular weight excluding hydrogens is 445 g/mol. The summed E-state index contributed by atoms with van der Waals surface area (Å²) in [6, 6.07) is 13.7. The fraction of sp³-hybridized carbons (Fsp3) is 0.240. The van der Waals surface area contributed by atoms with Gasteiger partial charge < -0.3 is 4.74 Å². The van der Waals surface area contributed by atoms with Crippen LogP contribution in [0.5, 0.6) is 0 Å². The molecule has 1 heterocycles. The molecule has 32 heavy (non-hydrogen) atoms. The zero-order valence-electron chi connectivity index (χ0n) is 17.5. The maximum atomic E-state index is 12.2. The fourth-order valence-corrected chi connectivity index (χ4v) is 4.33. The van der Waals surface area contributed by atoms with E-state index in [1.165, 1.54) is 0 Å². The van der Waals surface area contributed by atoms with E-state index in [9.17, 15) is 4.79 Å². The molecule has 0 saturated heterocycles. The van der Waals surface area contributed by atoms with Crippen LogP contribution in [0.25, 0.3) is 16.0 Å². The van der Waals surface area contributed by atoms with Crippen LogP contribution in [0.2, 0.25) is 10.0 Å². The van der Waals surface area contributed by atoms with Crippen molar-refractivity contribution in [2.45, 2.75) is 32.1 Å². The van der Waals surface area contributed by atoms with Crippen molar-refractivity contribution in [3.8, 4) is 11.1 Å². The van der Waals surface area contributed by atoms with Crippen molar-refractivity contribution in [2.24, 2.45) is 0 Å². The Morgan fingerprint density at radius 1 is 1.25 bits per heavy atom. The second kappa shape index (κ2) is 9.60. The number of hydrogen-bond acceptors (Lipinski definition) is 3. The zero-order valence-corrected chi connectivity index (χ0v) is 19.0. The molecular formula is C25H21Cl2N3O2. The molecule has 5 nitrogen and oxygen atoms in total. The van der Waals surface area contributed by atoms with E-state index in [-0.39, 0.29) is 11.7 Å². The van der Waals surface area contributed by atoms with Crippen molar-refractivity contribution in [3.63, 3.8) is 0 Å². The molecule has 0 fully saturated rings. The molecule has 4 rings (SSSR count). The monoisotopic (exact) mass is 465 g/mol. The molecule has 0 radical (unpaired) electrons. The van der Waals surface area contributed by atoms with Gasteiger partial charge in [0, 0.05) is 12.1 Å². The minimum Gasteiger partial charge on any atom is -0.449 e. The average molecular weight is 466 g/mol. The van der Waals surface area contributed by atoms with E-state index in [2.05, 4.69) is 21.2 Å². The highest BCUT2D eigenvalue weighted by Gasteiger charge is 2.30. The molecule has 1 atom stereocenters. The van der Waals surface area contributed by atoms with Crippen LogP contribution in [0.15, 0.2) is 48.7 Å². The number of nitrogens with zero attached hydrogens (tertiary/aromatic N) is 2. The Morgan fingerprint density at radius 3 is 2.81 bits per heavy atom. The molecule has 1 aliphatic rings. The van der Waals surface area contributed by atoms with E-state index in [4.69, 9.17) is 34.5 Å². The molecule has 3 aromatic rings. The van der Waals surface area contributed by atoms with E-state index in [1.54, 1.807) is 12.3 Å². The van der Waals surface area contributed by atoms with Gasteiger partial charge in [-0.05, 0) is 52.8 Å². The van der Waals surface area contributed by atoms with Crippen LogP contribution in [0, 0.1) is 6.57 Å². The van der Waals surface area contributed by atoms with Gasteiger partial charge in [-0.15, -0.1) is 0 Å². The number of nitrogens with one attached hydrogen (secondary N) is 1. The number of aromatic nitrogens is 1. The Morgan fingerprint density at radius 2 is 2.06 bits per heavy atom. The first kappa shape index (κ1) is 22.1. The van der Waals surface area contributed by atoms with Crippen LogP contribution in [0.4, 0.5) is 16.3 Å². The van der Waals surface area contributed by atoms with E-state index in [0.717, 1.165) is 40.7 Å². The number of rotatable bonds is 5. The Balaban J connectivity index is 1.75. The number of unbranched alkanes of at least 4 members (excludes halogenated alkanes) is 1. The lowest BCUT2D eigenvalue weighted by molar-refractivity contribution is 0.160. The number of anilines is 1. The topological polar surface area (TPSA) is 55.6 Å². The summed E-state index contributed by atoms with van der Waals surface area (Å²) in [7, 11) is 0. The van der Waals surface area contributed by atoms with E-state index in [1.807, 2.05) is 37.3 Å². The number of amides is 1. The first-order valence-corrected chi connectivity index (χ1v) is 11.2. The predicted octanol–water partition coefficient (Wildman–Crippen LogP) is 7.64. The summed E-state index contributed by atoms with van der Waals surface area (Å²) >= 11 is 12.4. The van der Waals surface area contributed by atoms with Gasteiger partial charge >= 0.3 is 6.09 Å². The molecule has 1 N–H and O–H groups in total. The Hall–Kier alpha value is -3.07. The molecule has 1 unspecified atom stereocenters. The van der Waals surface area contributed by atoms with Gasteiger partial charge in [-0.3, -0.25) is 10.3 Å². The SMILES string of the molecule is [C-]#[N+]c1c(NC(=O)OCCCC)ncc2c1-c1ccccc1C(c1ccc(Cl)c(Cl)c1)C2. The molecule has 162 valence electrons. The van der Waals surface area contributed by atoms with Crippen LogP contribution in [0.3, 0.4) is 0 Å².